The van der Waals surface area contributed by atoms with E-state index in [0.29, 0.717) is 11.3 Å². The highest BCUT2D eigenvalue weighted by Crippen LogP contribution is 2.18. The summed E-state index contributed by atoms with van der Waals surface area (Å²) in [5, 5.41) is 3.83. The number of fused-ring (bicyclic) bond motifs is 2. The van der Waals surface area contributed by atoms with Gasteiger partial charge in [-0.25, -0.2) is 4.98 Å². The zero-order valence-corrected chi connectivity index (χ0v) is 10.1. The van der Waals surface area contributed by atoms with Crippen molar-refractivity contribution in [1.82, 2.24) is 9.55 Å². The highest BCUT2D eigenvalue weighted by atomic mass is 79.9. The molecule has 1 N–H and O–H groups in total. The maximum atomic E-state index is 12.2. The minimum Gasteiger partial charge on any atom is -0.355 e. The molecule has 4 nitrogen and oxygen atoms in total. The third-order valence-corrected chi connectivity index (χ3v) is 3.25. The van der Waals surface area contributed by atoms with Crippen LogP contribution in [0, 0.1) is 0 Å². The second-order valence-electron chi connectivity index (χ2n) is 3.83. The van der Waals surface area contributed by atoms with Crippen LogP contribution in [0.2, 0.25) is 0 Å². The lowest BCUT2D eigenvalue weighted by Gasteiger charge is -2.19. The zero-order valence-electron chi connectivity index (χ0n) is 8.53. The molecular weight excluding hydrogens is 270 g/mol. The second kappa shape index (κ2) is 3.59. The summed E-state index contributed by atoms with van der Waals surface area (Å²) in [6.07, 6.45) is 0.969. The van der Waals surface area contributed by atoms with Crippen LogP contribution in [0.25, 0.3) is 10.9 Å². The average Bonchev–Trinajstić information content (AvgIpc) is 2.29. The smallest absolute Gasteiger partial charge is 0.262 e. The fourth-order valence-corrected chi connectivity index (χ4v) is 2.32. The van der Waals surface area contributed by atoms with E-state index in [4.69, 9.17) is 0 Å². The molecule has 0 amide bonds. The van der Waals surface area contributed by atoms with Crippen molar-refractivity contribution in [2.45, 2.75) is 13.0 Å². The van der Waals surface area contributed by atoms with Gasteiger partial charge in [-0.05, 0) is 24.6 Å². The van der Waals surface area contributed by atoms with Gasteiger partial charge in [-0.15, -0.1) is 0 Å². The van der Waals surface area contributed by atoms with Crippen molar-refractivity contribution in [3.05, 3.63) is 33.0 Å². The first-order valence-electron chi connectivity index (χ1n) is 5.20. The average molecular weight is 280 g/mol. The van der Waals surface area contributed by atoms with Gasteiger partial charge in [0, 0.05) is 17.6 Å². The standard InChI is InChI=1S/C11H10BrN3O/c12-7-2-3-8-9(6-7)14-11-13-4-1-5-15(11)10(8)16/h2-3,6H,1,4-5H2,(H,13,14). The predicted molar refractivity (Wildman–Crippen MR) is 66.8 cm³/mol. The highest BCUT2D eigenvalue weighted by Gasteiger charge is 2.13. The largest absolute Gasteiger partial charge is 0.355 e. The molecule has 16 heavy (non-hydrogen) atoms. The van der Waals surface area contributed by atoms with Crippen molar-refractivity contribution in [2.24, 2.45) is 0 Å². The Kier molecular flexibility index (Phi) is 2.21. The number of halogens is 1. The number of hydrogen-bond donors (Lipinski definition) is 1. The summed E-state index contributed by atoms with van der Waals surface area (Å²) in [5.74, 6) is 0.682. The Labute approximate surface area is 100 Å². The summed E-state index contributed by atoms with van der Waals surface area (Å²) < 4.78 is 2.65. The lowest BCUT2D eigenvalue weighted by Crippen LogP contribution is -2.30. The van der Waals surface area contributed by atoms with E-state index in [-0.39, 0.29) is 5.56 Å². The number of hydrogen-bond acceptors (Lipinski definition) is 3. The van der Waals surface area contributed by atoms with Crippen molar-refractivity contribution in [1.29, 1.82) is 0 Å². The summed E-state index contributed by atoms with van der Waals surface area (Å²) in [6, 6.07) is 5.55. The van der Waals surface area contributed by atoms with E-state index in [1.165, 1.54) is 0 Å². The van der Waals surface area contributed by atoms with Crippen molar-refractivity contribution in [3.8, 4) is 0 Å². The Balaban J connectivity index is 2.39. The number of nitrogens with zero attached hydrogens (tertiary/aromatic N) is 2. The van der Waals surface area contributed by atoms with Gasteiger partial charge in [0.1, 0.15) is 0 Å². The molecule has 0 spiro atoms. The van der Waals surface area contributed by atoms with Crippen LogP contribution in [0.5, 0.6) is 0 Å². The molecule has 1 aromatic carbocycles. The van der Waals surface area contributed by atoms with Gasteiger partial charge in [0.2, 0.25) is 5.95 Å². The monoisotopic (exact) mass is 279 g/mol. The van der Waals surface area contributed by atoms with Gasteiger partial charge in [-0.3, -0.25) is 9.36 Å². The summed E-state index contributed by atoms with van der Waals surface area (Å²) in [5.41, 5.74) is 0.778. The van der Waals surface area contributed by atoms with E-state index in [9.17, 15) is 4.79 Å². The van der Waals surface area contributed by atoms with Gasteiger partial charge in [-0.2, -0.15) is 0 Å². The first-order valence-corrected chi connectivity index (χ1v) is 5.99. The molecule has 1 aliphatic rings. The molecule has 5 heteroatoms. The fourth-order valence-electron chi connectivity index (χ4n) is 1.97. The molecule has 1 aliphatic heterocycles. The Morgan fingerprint density at radius 2 is 2.31 bits per heavy atom. The van der Waals surface area contributed by atoms with Crippen molar-refractivity contribution in [2.75, 3.05) is 11.9 Å². The Bertz CT molecular complexity index is 620. The minimum absolute atomic E-state index is 0.0414. The number of aromatic nitrogens is 2. The molecule has 0 atom stereocenters. The molecule has 0 aliphatic carbocycles. The third kappa shape index (κ3) is 1.43. The lowest BCUT2D eigenvalue weighted by atomic mass is 10.2. The number of benzene rings is 1. The molecule has 3 rings (SSSR count). The predicted octanol–water partition coefficient (Wildman–Crippen LogP) is 1.97. The van der Waals surface area contributed by atoms with E-state index >= 15 is 0 Å². The van der Waals surface area contributed by atoms with Crippen LogP contribution < -0.4 is 10.9 Å². The first kappa shape index (κ1) is 9.84. The number of nitrogens with one attached hydrogen (secondary N) is 1. The molecule has 0 saturated carbocycles. The highest BCUT2D eigenvalue weighted by molar-refractivity contribution is 9.10. The van der Waals surface area contributed by atoms with Gasteiger partial charge >= 0.3 is 0 Å². The van der Waals surface area contributed by atoms with E-state index in [1.807, 2.05) is 18.2 Å². The van der Waals surface area contributed by atoms with Crippen LogP contribution in [0.1, 0.15) is 6.42 Å². The lowest BCUT2D eigenvalue weighted by molar-refractivity contribution is 0.602. The molecule has 0 radical (unpaired) electrons. The van der Waals surface area contributed by atoms with E-state index in [0.717, 1.165) is 29.5 Å². The summed E-state index contributed by atoms with van der Waals surface area (Å²) >= 11 is 3.38. The zero-order chi connectivity index (χ0) is 11.1. The quantitative estimate of drug-likeness (QED) is 0.802. The number of rotatable bonds is 0. The van der Waals surface area contributed by atoms with Gasteiger partial charge in [-0.1, -0.05) is 15.9 Å². The van der Waals surface area contributed by atoms with Gasteiger partial charge in [0.05, 0.1) is 10.9 Å². The second-order valence-corrected chi connectivity index (χ2v) is 4.75. The number of anilines is 1. The first-order chi connectivity index (χ1) is 7.75. The molecule has 82 valence electrons. The Hall–Kier alpha value is -1.36. The van der Waals surface area contributed by atoms with Crippen molar-refractivity contribution in [3.63, 3.8) is 0 Å². The summed E-state index contributed by atoms with van der Waals surface area (Å²) in [4.78, 5) is 16.6. The van der Waals surface area contributed by atoms with Gasteiger partial charge in [0.25, 0.3) is 5.56 Å². The van der Waals surface area contributed by atoms with E-state index in [1.54, 1.807) is 4.57 Å². The molecular formula is C11H10BrN3O. The Morgan fingerprint density at radius 3 is 3.19 bits per heavy atom. The summed E-state index contributed by atoms with van der Waals surface area (Å²) in [6.45, 7) is 1.63. The molecule has 0 fully saturated rings. The molecule has 1 aromatic heterocycles. The SMILES string of the molecule is O=c1c2ccc(Br)cc2nc2n1CCCN2. The van der Waals surface area contributed by atoms with Crippen LogP contribution in [-0.2, 0) is 6.54 Å². The molecule has 2 heterocycles. The van der Waals surface area contributed by atoms with E-state index < -0.39 is 0 Å². The van der Waals surface area contributed by atoms with Gasteiger partial charge in [0.15, 0.2) is 0 Å². The topological polar surface area (TPSA) is 46.9 Å². The third-order valence-electron chi connectivity index (χ3n) is 2.76. The van der Waals surface area contributed by atoms with E-state index in [2.05, 4.69) is 26.2 Å². The molecule has 0 bridgehead atoms. The van der Waals surface area contributed by atoms with Crippen LogP contribution in [-0.4, -0.2) is 16.1 Å². The molecule has 2 aromatic rings. The molecule has 0 unspecified atom stereocenters. The van der Waals surface area contributed by atoms with Crippen LogP contribution in [0.4, 0.5) is 5.95 Å². The van der Waals surface area contributed by atoms with Crippen LogP contribution in [0.15, 0.2) is 27.5 Å². The molecule has 0 saturated heterocycles. The fraction of sp³-hybridized carbons (Fsp3) is 0.273. The minimum atomic E-state index is 0.0414. The maximum Gasteiger partial charge on any atom is 0.262 e. The Morgan fingerprint density at radius 1 is 1.44 bits per heavy atom. The van der Waals surface area contributed by atoms with Gasteiger partial charge < -0.3 is 5.32 Å². The van der Waals surface area contributed by atoms with Crippen LogP contribution >= 0.6 is 15.9 Å². The normalized spacial score (nSPS) is 14.6. The van der Waals surface area contributed by atoms with Crippen LogP contribution in [0.3, 0.4) is 0 Å². The summed E-state index contributed by atoms with van der Waals surface area (Å²) in [7, 11) is 0. The maximum absolute atomic E-state index is 12.2. The van der Waals surface area contributed by atoms with Crippen molar-refractivity contribution >= 4 is 32.8 Å². The van der Waals surface area contributed by atoms with Crippen molar-refractivity contribution < 1.29 is 0 Å².